The van der Waals surface area contributed by atoms with Crippen molar-refractivity contribution in [3.63, 3.8) is 0 Å². The quantitative estimate of drug-likeness (QED) is 0.359. The van der Waals surface area contributed by atoms with Crippen molar-refractivity contribution in [1.29, 1.82) is 0 Å². The highest BCUT2D eigenvalue weighted by Gasteiger charge is 2.30. The van der Waals surface area contributed by atoms with Gasteiger partial charge in [0, 0.05) is 30.2 Å². The molecular formula is C25H26N4O7. The molecule has 0 saturated heterocycles. The van der Waals surface area contributed by atoms with Gasteiger partial charge >= 0.3 is 5.63 Å². The summed E-state index contributed by atoms with van der Waals surface area (Å²) < 4.78 is 23.4. The van der Waals surface area contributed by atoms with Gasteiger partial charge in [0.15, 0.2) is 23.0 Å². The van der Waals surface area contributed by atoms with Gasteiger partial charge in [0.2, 0.25) is 11.7 Å². The molecule has 0 radical (unpaired) electrons. The lowest BCUT2D eigenvalue weighted by Crippen LogP contribution is -2.27. The van der Waals surface area contributed by atoms with Crippen LogP contribution in [0.15, 0.2) is 51.8 Å². The highest BCUT2D eigenvalue weighted by molar-refractivity contribution is 5.78. The van der Waals surface area contributed by atoms with Gasteiger partial charge in [-0.2, -0.15) is 0 Å². The fraction of sp³-hybridized carbons (Fsp3) is 0.280. The molecule has 4 aromatic rings. The highest BCUT2D eigenvalue weighted by Crippen LogP contribution is 2.45. The number of hydrogen-bond donors (Lipinski definition) is 2. The first kappa shape index (κ1) is 24.6. The molecule has 0 aliphatic carbocycles. The molecule has 188 valence electrons. The second-order valence-electron chi connectivity index (χ2n) is 7.95. The summed E-state index contributed by atoms with van der Waals surface area (Å²) in [6.07, 6.45) is 1.59. The normalized spacial score (nSPS) is 11.8. The van der Waals surface area contributed by atoms with Gasteiger partial charge < -0.3 is 29.1 Å². The minimum absolute atomic E-state index is 0.0748. The molecule has 11 nitrogen and oxygen atoms in total. The van der Waals surface area contributed by atoms with Gasteiger partial charge in [-0.3, -0.25) is 9.20 Å². The predicted molar refractivity (Wildman–Crippen MR) is 129 cm³/mol. The molecule has 0 spiro atoms. The van der Waals surface area contributed by atoms with Gasteiger partial charge in [-0.25, -0.2) is 4.79 Å². The molecule has 4 rings (SSSR count). The number of nitrogens with zero attached hydrogens (tertiary/aromatic N) is 3. The van der Waals surface area contributed by atoms with Crippen molar-refractivity contribution in [2.24, 2.45) is 0 Å². The van der Waals surface area contributed by atoms with E-state index in [-0.39, 0.29) is 41.5 Å². The lowest BCUT2D eigenvalue weighted by atomic mass is 9.87. The second kappa shape index (κ2) is 10.4. The zero-order valence-electron chi connectivity index (χ0n) is 20.3. The first-order valence-electron chi connectivity index (χ1n) is 11.1. The molecule has 0 bridgehead atoms. The zero-order valence-corrected chi connectivity index (χ0v) is 20.3. The van der Waals surface area contributed by atoms with Crippen molar-refractivity contribution < 1.29 is 28.5 Å². The molecule has 36 heavy (non-hydrogen) atoms. The number of rotatable bonds is 9. The minimum atomic E-state index is -0.924. The van der Waals surface area contributed by atoms with Crippen LogP contribution in [0.25, 0.3) is 5.65 Å². The number of hydrogen-bond acceptors (Lipinski definition) is 9. The first-order valence-corrected chi connectivity index (χ1v) is 11.1. The van der Waals surface area contributed by atoms with E-state index in [2.05, 4.69) is 15.5 Å². The van der Waals surface area contributed by atoms with Gasteiger partial charge in [0.05, 0.1) is 33.4 Å². The number of carbonyl (C=O) groups is 1. The molecule has 0 aliphatic rings. The summed E-state index contributed by atoms with van der Waals surface area (Å²) in [5.74, 6) is 0.114. The Morgan fingerprint density at radius 3 is 2.58 bits per heavy atom. The lowest BCUT2D eigenvalue weighted by molar-refractivity contribution is -0.121. The molecule has 1 amide bonds. The molecule has 1 atom stereocenters. The van der Waals surface area contributed by atoms with Crippen molar-refractivity contribution in [2.45, 2.75) is 25.8 Å². The van der Waals surface area contributed by atoms with Crippen LogP contribution in [0.1, 0.15) is 35.1 Å². The van der Waals surface area contributed by atoms with E-state index in [9.17, 15) is 14.7 Å². The van der Waals surface area contributed by atoms with E-state index in [0.717, 1.165) is 0 Å². The van der Waals surface area contributed by atoms with E-state index in [1.54, 1.807) is 35.7 Å². The standard InChI is InChI=1S/C25H26N4O7/c1-14-11-17(30)22(25(32)36-14)16(15-8-9-18(33-2)24(35-4)23(15)34-3)12-21(31)26-13-20-28-27-19-7-5-6-10-29(19)20/h5-11,16,30H,12-13H2,1-4H3,(H,26,31)/t16-/m0/s1. The third kappa shape index (κ3) is 4.67. The van der Waals surface area contributed by atoms with Crippen LogP contribution in [0.4, 0.5) is 0 Å². The smallest absolute Gasteiger partial charge is 0.343 e. The van der Waals surface area contributed by atoms with Gasteiger partial charge in [0.25, 0.3) is 0 Å². The molecule has 11 heteroatoms. The summed E-state index contributed by atoms with van der Waals surface area (Å²) in [4.78, 5) is 26.0. The second-order valence-corrected chi connectivity index (χ2v) is 7.95. The van der Waals surface area contributed by atoms with E-state index in [1.165, 1.54) is 27.4 Å². The van der Waals surface area contributed by atoms with E-state index >= 15 is 0 Å². The monoisotopic (exact) mass is 494 g/mol. The molecule has 0 fully saturated rings. The predicted octanol–water partition coefficient (Wildman–Crippen LogP) is 2.56. The van der Waals surface area contributed by atoms with Crippen LogP contribution in [0.5, 0.6) is 23.0 Å². The highest BCUT2D eigenvalue weighted by atomic mass is 16.5. The van der Waals surface area contributed by atoms with Crippen LogP contribution in [0.2, 0.25) is 0 Å². The van der Waals surface area contributed by atoms with Crippen molar-refractivity contribution >= 4 is 11.6 Å². The number of fused-ring (bicyclic) bond motifs is 1. The zero-order chi connectivity index (χ0) is 25.8. The number of amides is 1. The number of aromatic nitrogens is 3. The summed E-state index contributed by atoms with van der Waals surface area (Å²) in [6.45, 7) is 1.65. The average Bonchev–Trinajstić information content (AvgIpc) is 3.28. The number of pyridine rings is 1. The third-order valence-corrected chi connectivity index (χ3v) is 5.77. The molecule has 0 saturated carbocycles. The number of carbonyl (C=O) groups excluding carboxylic acids is 1. The van der Waals surface area contributed by atoms with E-state index in [1.807, 2.05) is 12.1 Å². The molecular weight excluding hydrogens is 468 g/mol. The molecule has 2 N–H and O–H groups in total. The van der Waals surface area contributed by atoms with Crippen LogP contribution in [0, 0.1) is 6.92 Å². The Hall–Kier alpha value is -4.54. The number of ether oxygens (including phenoxy) is 3. The van der Waals surface area contributed by atoms with Crippen molar-refractivity contribution in [3.8, 4) is 23.0 Å². The fourth-order valence-corrected chi connectivity index (χ4v) is 4.14. The molecule has 1 aromatic carbocycles. The largest absolute Gasteiger partial charge is 0.507 e. The Bertz CT molecular complexity index is 1460. The Labute approximate surface area is 206 Å². The van der Waals surface area contributed by atoms with E-state index in [0.29, 0.717) is 22.8 Å². The van der Waals surface area contributed by atoms with E-state index < -0.39 is 17.5 Å². The van der Waals surface area contributed by atoms with Crippen LogP contribution in [-0.4, -0.2) is 46.9 Å². The van der Waals surface area contributed by atoms with Gasteiger partial charge in [-0.05, 0) is 25.1 Å². The number of aryl methyl sites for hydroxylation is 1. The number of methoxy groups -OCH3 is 3. The molecule has 0 aliphatic heterocycles. The van der Waals surface area contributed by atoms with E-state index in [4.69, 9.17) is 18.6 Å². The molecule has 3 aromatic heterocycles. The summed E-state index contributed by atoms with van der Waals surface area (Å²) in [5.41, 5.74) is 0.251. The van der Waals surface area contributed by atoms with Crippen LogP contribution >= 0.6 is 0 Å². The van der Waals surface area contributed by atoms with Gasteiger partial charge in [-0.15, -0.1) is 10.2 Å². The molecule has 0 unspecified atom stereocenters. The molecule has 3 heterocycles. The van der Waals surface area contributed by atoms with Gasteiger partial charge in [0.1, 0.15) is 11.5 Å². The summed E-state index contributed by atoms with van der Waals surface area (Å²) >= 11 is 0. The summed E-state index contributed by atoms with van der Waals surface area (Å²) in [7, 11) is 4.37. The number of benzene rings is 1. The Balaban J connectivity index is 1.72. The first-order chi connectivity index (χ1) is 17.4. The van der Waals surface area contributed by atoms with Crippen molar-refractivity contribution in [3.05, 3.63) is 75.7 Å². The van der Waals surface area contributed by atoms with Crippen LogP contribution in [-0.2, 0) is 11.3 Å². The van der Waals surface area contributed by atoms with Crippen LogP contribution in [0.3, 0.4) is 0 Å². The third-order valence-electron chi connectivity index (χ3n) is 5.77. The van der Waals surface area contributed by atoms with Gasteiger partial charge in [-0.1, -0.05) is 12.1 Å². The Kier molecular flexibility index (Phi) is 7.09. The summed E-state index contributed by atoms with van der Waals surface area (Å²) in [5, 5.41) is 21.7. The van der Waals surface area contributed by atoms with Crippen molar-refractivity contribution in [1.82, 2.24) is 19.9 Å². The maximum atomic E-state index is 13.1. The topological polar surface area (TPSA) is 137 Å². The fourth-order valence-electron chi connectivity index (χ4n) is 4.14. The number of aromatic hydroxyl groups is 1. The Morgan fingerprint density at radius 2 is 1.89 bits per heavy atom. The SMILES string of the molecule is COc1ccc([C@H](CC(=O)NCc2nnc3ccccn23)c2c(O)cc(C)oc2=O)c(OC)c1OC. The summed E-state index contributed by atoms with van der Waals surface area (Å²) in [6, 6.07) is 10.1. The van der Waals surface area contributed by atoms with Crippen molar-refractivity contribution in [2.75, 3.05) is 21.3 Å². The minimum Gasteiger partial charge on any atom is -0.507 e. The maximum absolute atomic E-state index is 13.1. The lowest BCUT2D eigenvalue weighted by Gasteiger charge is -2.22. The van der Waals surface area contributed by atoms with Crippen LogP contribution < -0.4 is 25.2 Å². The maximum Gasteiger partial charge on any atom is 0.343 e. The Morgan fingerprint density at radius 1 is 1.11 bits per heavy atom. The average molecular weight is 495 g/mol. The number of nitrogens with one attached hydrogen (secondary N) is 1.